The zero-order valence-corrected chi connectivity index (χ0v) is 9.58. The van der Waals surface area contributed by atoms with Crippen molar-refractivity contribution in [3.8, 4) is 0 Å². The number of hydrogen-bond donors (Lipinski definition) is 1. The lowest BCUT2D eigenvalue weighted by Gasteiger charge is -2.10. The monoisotopic (exact) mass is 278 g/mol. The Bertz CT molecular complexity index is 562. The van der Waals surface area contributed by atoms with Crippen molar-refractivity contribution >= 4 is 11.0 Å². The summed E-state index contributed by atoms with van der Waals surface area (Å²) >= 11 is 0. The number of halogens is 4. The molecule has 3 nitrogen and oxygen atoms in total. The Balaban J connectivity index is 2.05. The average molecular weight is 278 g/mol. The maximum atomic E-state index is 13.3. The molecule has 0 saturated carbocycles. The first-order valence-corrected chi connectivity index (χ1v) is 5.37. The van der Waals surface area contributed by atoms with Gasteiger partial charge in [-0.25, -0.2) is 4.39 Å². The molecule has 1 N–H and O–H groups in total. The van der Waals surface area contributed by atoms with E-state index < -0.39 is 31.3 Å². The lowest BCUT2D eigenvalue weighted by molar-refractivity contribution is -0.179. The number of furan rings is 1. The number of para-hydroxylation sites is 1. The number of aliphatic hydroxyl groups excluding tert-OH is 1. The van der Waals surface area contributed by atoms with Crippen LogP contribution in [0.15, 0.2) is 28.7 Å². The van der Waals surface area contributed by atoms with E-state index in [0.717, 1.165) is 0 Å². The number of fused-ring (bicyclic) bond motifs is 1. The molecular formula is C12H10F4O3. The molecule has 1 aromatic carbocycles. The topological polar surface area (TPSA) is 42.6 Å². The summed E-state index contributed by atoms with van der Waals surface area (Å²) in [6.45, 7) is -2.04. The Labute approximate surface area is 105 Å². The van der Waals surface area contributed by atoms with E-state index in [1.807, 2.05) is 0 Å². The van der Waals surface area contributed by atoms with E-state index in [0.29, 0.717) is 5.39 Å². The van der Waals surface area contributed by atoms with Crippen molar-refractivity contribution in [3.05, 3.63) is 35.8 Å². The summed E-state index contributed by atoms with van der Waals surface area (Å²) < 4.78 is 58.2. The smallest absolute Gasteiger partial charge is 0.411 e. The molecule has 1 unspecified atom stereocenters. The lowest BCUT2D eigenvalue weighted by atomic mass is 10.2. The van der Waals surface area contributed by atoms with Gasteiger partial charge in [0.05, 0.1) is 6.61 Å². The minimum atomic E-state index is -4.46. The van der Waals surface area contributed by atoms with Crippen molar-refractivity contribution in [3.63, 3.8) is 0 Å². The molecule has 0 fully saturated rings. The second-order valence-corrected chi connectivity index (χ2v) is 3.95. The molecule has 0 aliphatic carbocycles. The zero-order chi connectivity index (χ0) is 14.0. The molecule has 0 aliphatic heterocycles. The first-order chi connectivity index (χ1) is 8.87. The third kappa shape index (κ3) is 3.45. The molecule has 0 radical (unpaired) electrons. The summed E-state index contributed by atoms with van der Waals surface area (Å²) in [4.78, 5) is 0. The molecule has 1 atom stereocenters. The van der Waals surface area contributed by atoms with Crippen LogP contribution in [0.1, 0.15) is 11.9 Å². The molecule has 104 valence electrons. The minimum Gasteiger partial charge on any atom is -0.455 e. The van der Waals surface area contributed by atoms with Crippen molar-refractivity contribution in [1.82, 2.24) is 0 Å². The summed E-state index contributed by atoms with van der Waals surface area (Å²) in [7, 11) is 0. The van der Waals surface area contributed by atoms with Crippen LogP contribution in [0.2, 0.25) is 0 Å². The van der Waals surface area contributed by atoms with Gasteiger partial charge in [0, 0.05) is 5.39 Å². The third-order valence-corrected chi connectivity index (χ3v) is 2.38. The van der Waals surface area contributed by atoms with E-state index >= 15 is 0 Å². The Morgan fingerprint density at radius 1 is 1.32 bits per heavy atom. The number of alkyl halides is 3. The van der Waals surface area contributed by atoms with Gasteiger partial charge in [0.25, 0.3) is 0 Å². The number of ether oxygens (including phenoxy) is 1. The molecule has 0 aliphatic rings. The van der Waals surface area contributed by atoms with E-state index in [9.17, 15) is 22.7 Å². The fourth-order valence-corrected chi connectivity index (χ4v) is 1.58. The largest absolute Gasteiger partial charge is 0.455 e. The van der Waals surface area contributed by atoms with Crippen molar-refractivity contribution in [2.75, 3.05) is 13.2 Å². The molecule has 2 rings (SSSR count). The summed E-state index contributed by atoms with van der Waals surface area (Å²) in [5.74, 6) is -0.644. The quantitative estimate of drug-likeness (QED) is 0.873. The van der Waals surface area contributed by atoms with Gasteiger partial charge < -0.3 is 14.3 Å². The van der Waals surface area contributed by atoms with Crippen LogP contribution in [0, 0.1) is 5.82 Å². The van der Waals surface area contributed by atoms with Crippen molar-refractivity contribution < 1.29 is 31.8 Å². The van der Waals surface area contributed by atoms with Crippen LogP contribution in [0.4, 0.5) is 17.6 Å². The molecule has 2 aromatic rings. The lowest BCUT2D eigenvalue weighted by Crippen LogP contribution is -2.19. The van der Waals surface area contributed by atoms with Crippen LogP contribution >= 0.6 is 0 Å². The first kappa shape index (κ1) is 13.8. The second kappa shape index (κ2) is 5.18. The van der Waals surface area contributed by atoms with Gasteiger partial charge in [0.1, 0.15) is 18.5 Å². The van der Waals surface area contributed by atoms with Gasteiger partial charge >= 0.3 is 6.18 Å². The summed E-state index contributed by atoms with van der Waals surface area (Å²) in [5, 5.41) is 10.0. The van der Waals surface area contributed by atoms with Crippen molar-refractivity contribution in [1.29, 1.82) is 0 Å². The molecule has 19 heavy (non-hydrogen) atoms. The predicted octanol–water partition coefficient (Wildman–Crippen LogP) is 3.18. The fraction of sp³-hybridized carbons (Fsp3) is 0.333. The highest BCUT2D eigenvalue weighted by atomic mass is 19.4. The molecule has 0 amide bonds. The Morgan fingerprint density at radius 3 is 2.68 bits per heavy atom. The molecule has 0 saturated heterocycles. The first-order valence-electron chi connectivity index (χ1n) is 5.37. The minimum absolute atomic E-state index is 0.0396. The van der Waals surface area contributed by atoms with Crippen LogP contribution in [0.3, 0.4) is 0 Å². The van der Waals surface area contributed by atoms with Crippen molar-refractivity contribution in [2.24, 2.45) is 0 Å². The van der Waals surface area contributed by atoms with Gasteiger partial charge in [0.2, 0.25) is 0 Å². The predicted molar refractivity (Wildman–Crippen MR) is 58.0 cm³/mol. The Kier molecular flexibility index (Phi) is 3.77. The summed E-state index contributed by atoms with van der Waals surface area (Å²) in [6, 6.07) is 5.57. The van der Waals surface area contributed by atoms with Crippen LogP contribution in [-0.2, 0) is 4.74 Å². The maximum absolute atomic E-state index is 13.3. The van der Waals surface area contributed by atoms with E-state index in [-0.39, 0.29) is 11.3 Å². The van der Waals surface area contributed by atoms with Crippen LogP contribution < -0.4 is 0 Å². The highest BCUT2D eigenvalue weighted by Gasteiger charge is 2.28. The van der Waals surface area contributed by atoms with E-state index in [4.69, 9.17) is 4.42 Å². The average Bonchev–Trinajstić information content (AvgIpc) is 2.72. The van der Waals surface area contributed by atoms with Gasteiger partial charge in [-0.3, -0.25) is 0 Å². The number of benzene rings is 1. The molecule has 7 heteroatoms. The van der Waals surface area contributed by atoms with Crippen molar-refractivity contribution in [2.45, 2.75) is 12.3 Å². The van der Waals surface area contributed by atoms with E-state index in [1.54, 1.807) is 6.07 Å². The Hall–Kier alpha value is -1.60. The third-order valence-electron chi connectivity index (χ3n) is 2.38. The highest BCUT2D eigenvalue weighted by Crippen LogP contribution is 2.26. The molecular weight excluding hydrogens is 268 g/mol. The molecule has 1 aromatic heterocycles. The van der Waals surface area contributed by atoms with E-state index in [1.165, 1.54) is 18.2 Å². The summed E-state index contributed by atoms with van der Waals surface area (Å²) in [5.41, 5.74) is -0.0487. The highest BCUT2D eigenvalue weighted by molar-refractivity contribution is 5.78. The standard InChI is InChI=1S/C12H10F4O3/c13-8-3-1-2-7-4-10(19-11(7)8)9(17)5-18-6-12(14,15)16/h1-4,9,17H,5-6H2. The van der Waals surface area contributed by atoms with Crippen LogP contribution in [0.25, 0.3) is 11.0 Å². The van der Waals surface area contributed by atoms with Gasteiger partial charge in [-0.15, -0.1) is 0 Å². The molecule has 0 bridgehead atoms. The van der Waals surface area contributed by atoms with Gasteiger partial charge in [0.15, 0.2) is 11.4 Å². The SMILES string of the molecule is OC(COCC(F)(F)F)c1cc2cccc(F)c2o1. The van der Waals surface area contributed by atoms with Crippen LogP contribution in [0.5, 0.6) is 0 Å². The van der Waals surface area contributed by atoms with Gasteiger partial charge in [-0.2, -0.15) is 13.2 Å². The maximum Gasteiger partial charge on any atom is 0.411 e. The molecule has 1 heterocycles. The number of rotatable bonds is 4. The normalized spacial score (nSPS) is 13.9. The fourth-order valence-electron chi connectivity index (χ4n) is 1.58. The van der Waals surface area contributed by atoms with Crippen LogP contribution in [-0.4, -0.2) is 24.5 Å². The number of aliphatic hydroxyl groups is 1. The number of hydrogen-bond acceptors (Lipinski definition) is 3. The van der Waals surface area contributed by atoms with Gasteiger partial charge in [-0.05, 0) is 12.1 Å². The van der Waals surface area contributed by atoms with Gasteiger partial charge in [-0.1, -0.05) is 12.1 Å². The molecule has 0 spiro atoms. The second-order valence-electron chi connectivity index (χ2n) is 3.95. The Morgan fingerprint density at radius 2 is 2.05 bits per heavy atom. The summed E-state index contributed by atoms with van der Waals surface area (Å²) in [6.07, 6.45) is -5.84. The van der Waals surface area contributed by atoms with E-state index in [2.05, 4.69) is 4.74 Å². The zero-order valence-electron chi connectivity index (χ0n) is 9.58.